The van der Waals surface area contributed by atoms with Crippen molar-refractivity contribution in [1.29, 1.82) is 0 Å². The fraction of sp³-hybridized carbons (Fsp3) is 0.571. The minimum atomic E-state index is -0.459. The summed E-state index contributed by atoms with van der Waals surface area (Å²) in [5.74, 6) is 0.294. The predicted octanol–water partition coefficient (Wildman–Crippen LogP) is 2.87. The highest BCUT2D eigenvalue weighted by Gasteiger charge is 2.27. The van der Waals surface area contributed by atoms with Crippen LogP contribution >= 0.6 is 11.6 Å². The maximum atomic E-state index is 13.4. The molecule has 0 aliphatic carbocycles. The first-order valence-corrected chi connectivity index (χ1v) is 6.99. The molecule has 0 saturated carbocycles. The Morgan fingerprint density at radius 3 is 3.05 bits per heavy atom. The molecule has 19 heavy (non-hydrogen) atoms. The second-order valence-electron chi connectivity index (χ2n) is 4.62. The third kappa shape index (κ3) is 3.81. The topological polar surface area (TPSA) is 30.5 Å². The molecule has 106 valence electrons. The largest absolute Gasteiger partial charge is 0.486 e. The van der Waals surface area contributed by atoms with Crippen molar-refractivity contribution >= 4 is 11.6 Å². The number of halogens is 2. The van der Waals surface area contributed by atoms with Gasteiger partial charge in [-0.15, -0.1) is 0 Å². The Hall–Kier alpha value is -0.840. The number of hydrogen-bond donors (Lipinski definition) is 1. The van der Waals surface area contributed by atoms with Gasteiger partial charge in [-0.05, 0) is 32.0 Å². The van der Waals surface area contributed by atoms with Gasteiger partial charge >= 0.3 is 0 Å². The SMILES string of the molecule is CCOC[C@H](Oc1cccc(F)c1Cl)C1CCNC1. The molecule has 1 aromatic rings. The molecule has 2 rings (SSSR count). The number of nitrogens with one attached hydrogen (secondary N) is 1. The van der Waals surface area contributed by atoms with Gasteiger partial charge in [0.1, 0.15) is 22.7 Å². The molecule has 1 unspecified atom stereocenters. The van der Waals surface area contributed by atoms with E-state index >= 15 is 0 Å². The summed E-state index contributed by atoms with van der Waals surface area (Å²) in [4.78, 5) is 0. The van der Waals surface area contributed by atoms with E-state index in [1.807, 2.05) is 6.92 Å². The Labute approximate surface area is 118 Å². The maximum Gasteiger partial charge on any atom is 0.145 e. The van der Waals surface area contributed by atoms with E-state index in [0.29, 0.717) is 24.9 Å². The standard InChI is InChI=1S/C14H19ClFNO2/c1-2-18-9-13(10-6-7-17-8-10)19-12-5-3-4-11(16)14(12)15/h3-5,10,13,17H,2,6-9H2,1H3/t10?,13-/m0/s1. The molecule has 1 fully saturated rings. The number of rotatable bonds is 6. The first-order valence-electron chi connectivity index (χ1n) is 6.61. The zero-order chi connectivity index (χ0) is 13.7. The fourth-order valence-electron chi connectivity index (χ4n) is 2.23. The molecule has 1 saturated heterocycles. The maximum absolute atomic E-state index is 13.4. The van der Waals surface area contributed by atoms with Crippen molar-refractivity contribution in [2.24, 2.45) is 5.92 Å². The van der Waals surface area contributed by atoms with Crippen molar-refractivity contribution in [2.45, 2.75) is 19.4 Å². The zero-order valence-corrected chi connectivity index (χ0v) is 11.8. The molecule has 2 atom stereocenters. The van der Waals surface area contributed by atoms with Gasteiger partial charge in [-0.25, -0.2) is 4.39 Å². The van der Waals surface area contributed by atoms with E-state index in [1.165, 1.54) is 6.07 Å². The summed E-state index contributed by atoms with van der Waals surface area (Å²) >= 11 is 5.92. The summed E-state index contributed by atoms with van der Waals surface area (Å²) in [7, 11) is 0. The normalized spacial score (nSPS) is 20.5. The van der Waals surface area contributed by atoms with Crippen molar-refractivity contribution in [1.82, 2.24) is 5.32 Å². The third-order valence-corrected chi connectivity index (χ3v) is 3.67. The van der Waals surface area contributed by atoms with Gasteiger partial charge in [0.2, 0.25) is 0 Å². The molecule has 0 bridgehead atoms. The van der Waals surface area contributed by atoms with Crippen molar-refractivity contribution in [3.8, 4) is 5.75 Å². The van der Waals surface area contributed by atoms with Crippen LogP contribution in [0.5, 0.6) is 5.75 Å². The van der Waals surface area contributed by atoms with Crippen LogP contribution in [0.1, 0.15) is 13.3 Å². The molecule has 0 radical (unpaired) electrons. The van der Waals surface area contributed by atoms with Gasteiger partial charge in [0, 0.05) is 19.1 Å². The summed E-state index contributed by atoms with van der Waals surface area (Å²) < 4.78 is 24.7. The van der Waals surface area contributed by atoms with Gasteiger partial charge in [0.15, 0.2) is 0 Å². The Kier molecular flexibility index (Phi) is 5.43. The number of benzene rings is 1. The molecular weight excluding hydrogens is 269 g/mol. The summed E-state index contributed by atoms with van der Waals surface area (Å²) in [5.41, 5.74) is 0. The smallest absolute Gasteiger partial charge is 0.145 e. The zero-order valence-electron chi connectivity index (χ0n) is 11.0. The Balaban J connectivity index is 2.07. The van der Waals surface area contributed by atoms with Crippen molar-refractivity contribution in [3.63, 3.8) is 0 Å². The summed E-state index contributed by atoms with van der Waals surface area (Å²) in [6, 6.07) is 4.61. The van der Waals surface area contributed by atoms with Gasteiger partial charge in [0.05, 0.1) is 6.61 Å². The van der Waals surface area contributed by atoms with E-state index in [4.69, 9.17) is 21.1 Å². The molecule has 0 amide bonds. The van der Waals surface area contributed by atoms with Gasteiger partial charge in [-0.2, -0.15) is 0 Å². The quantitative estimate of drug-likeness (QED) is 0.873. The lowest BCUT2D eigenvalue weighted by Crippen LogP contribution is -2.33. The monoisotopic (exact) mass is 287 g/mol. The molecule has 1 aliphatic heterocycles. The van der Waals surface area contributed by atoms with Gasteiger partial charge in [-0.3, -0.25) is 0 Å². The molecule has 1 heterocycles. The van der Waals surface area contributed by atoms with E-state index in [-0.39, 0.29) is 11.1 Å². The second kappa shape index (κ2) is 7.08. The molecule has 0 spiro atoms. The molecule has 0 aromatic heterocycles. The Morgan fingerprint density at radius 2 is 2.37 bits per heavy atom. The van der Waals surface area contributed by atoms with Crippen molar-refractivity contribution < 1.29 is 13.9 Å². The summed E-state index contributed by atoms with van der Waals surface area (Å²) in [6.07, 6.45) is 0.930. The van der Waals surface area contributed by atoms with Crippen LogP contribution in [0.2, 0.25) is 5.02 Å². The minimum Gasteiger partial charge on any atom is -0.486 e. The van der Waals surface area contributed by atoms with E-state index in [9.17, 15) is 4.39 Å². The summed E-state index contributed by atoms with van der Waals surface area (Å²) in [5, 5.41) is 3.34. The highest BCUT2D eigenvalue weighted by Crippen LogP contribution is 2.29. The molecule has 1 N–H and O–H groups in total. The van der Waals surface area contributed by atoms with E-state index in [2.05, 4.69) is 5.32 Å². The van der Waals surface area contributed by atoms with Gasteiger partial charge < -0.3 is 14.8 Å². The third-order valence-electron chi connectivity index (χ3n) is 3.30. The average Bonchev–Trinajstić information content (AvgIpc) is 2.93. The van der Waals surface area contributed by atoms with Gasteiger partial charge in [-0.1, -0.05) is 17.7 Å². The molecule has 1 aromatic carbocycles. The summed E-state index contributed by atoms with van der Waals surface area (Å²) in [6.45, 7) is 4.95. The van der Waals surface area contributed by atoms with Crippen LogP contribution in [0.4, 0.5) is 4.39 Å². The van der Waals surface area contributed by atoms with Crippen LogP contribution in [0.15, 0.2) is 18.2 Å². The lowest BCUT2D eigenvalue weighted by Gasteiger charge is -2.24. The minimum absolute atomic E-state index is 0.0370. The van der Waals surface area contributed by atoms with Crippen LogP contribution in [-0.4, -0.2) is 32.4 Å². The highest BCUT2D eigenvalue weighted by molar-refractivity contribution is 6.32. The number of hydrogen-bond acceptors (Lipinski definition) is 3. The second-order valence-corrected chi connectivity index (χ2v) is 5.00. The molecule has 1 aliphatic rings. The fourth-order valence-corrected chi connectivity index (χ4v) is 2.40. The van der Waals surface area contributed by atoms with Crippen LogP contribution in [0.25, 0.3) is 0 Å². The lowest BCUT2D eigenvalue weighted by molar-refractivity contribution is 0.0290. The van der Waals surface area contributed by atoms with E-state index < -0.39 is 5.82 Å². The molecule has 5 heteroatoms. The molecular formula is C14H19ClFNO2. The Morgan fingerprint density at radius 1 is 1.53 bits per heavy atom. The molecule has 3 nitrogen and oxygen atoms in total. The van der Waals surface area contributed by atoms with Crippen LogP contribution in [-0.2, 0) is 4.74 Å². The average molecular weight is 288 g/mol. The van der Waals surface area contributed by atoms with E-state index in [0.717, 1.165) is 19.5 Å². The van der Waals surface area contributed by atoms with Crippen molar-refractivity contribution in [2.75, 3.05) is 26.3 Å². The number of ether oxygens (including phenoxy) is 2. The lowest BCUT2D eigenvalue weighted by atomic mass is 10.0. The van der Waals surface area contributed by atoms with Gasteiger partial charge in [0.25, 0.3) is 0 Å². The van der Waals surface area contributed by atoms with Crippen LogP contribution in [0.3, 0.4) is 0 Å². The highest BCUT2D eigenvalue weighted by atomic mass is 35.5. The predicted molar refractivity (Wildman–Crippen MR) is 73.3 cm³/mol. The first kappa shape index (κ1) is 14.6. The first-order chi connectivity index (χ1) is 9.22. The van der Waals surface area contributed by atoms with E-state index in [1.54, 1.807) is 12.1 Å². The van der Waals surface area contributed by atoms with Crippen LogP contribution < -0.4 is 10.1 Å². The Bertz CT molecular complexity index is 410. The van der Waals surface area contributed by atoms with Crippen molar-refractivity contribution in [3.05, 3.63) is 29.0 Å². The van der Waals surface area contributed by atoms with Crippen LogP contribution in [0, 0.1) is 11.7 Å².